The number of aliphatic hydroxyl groups excluding tert-OH is 1. The van der Waals surface area contributed by atoms with Gasteiger partial charge in [0.1, 0.15) is 15.9 Å². The first-order chi connectivity index (χ1) is 11.3. The van der Waals surface area contributed by atoms with Gasteiger partial charge in [0.15, 0.2) is 0 Å². The first kappa shape index (κ1) is 17.3. The highest BCUT2D eigenvalue weighted by Gasteiger charge is 2.23. The van der Waals surface area contributed by atoms with Crippen LogP contribution >= 0.6 is 23.2 Å². The minimum atomic E-state index is -3.35. The van der Waals surface area contributed by atoms with E-state index in [-0.39, 0.29) is 5.75 Å². The van der Waals surface area contributed by atoms with Crippen LogP contribution in [0, 0.1) is 0 Å². The van der Waals surface area contributed by atoms with E-state index in [1.54, 1.807) is 12.1 Å². The number of hydrogen-bond acceptors (Lipinski definition) is 3. The van der Waals surface area contributed by atoms with E-state index in [1.807, 2.05) is 30.3 Å². The van der Waals surface area contributed by atoms with E-state index in [2.05, 4.69) is 4.98 Å². The van der Waals surface area contributed by atoms with Gasteiger partial charge in [-0.2, -0.15) is 0 Å². The molecule has 2 N–H and O–H groups in total. The lowest BCUT2D eigenvalue weighted by atomic mass is 10.00. The van der Waals surface area contributed by atoms with E-state index < -0.39 is 15.9 Å². The van der Waals surface area contributed by atoms with Crippen LogP contribution in [0.25, 0.3) is 22.0 Å². The molecule has 4 nitrogen and oxygen atoms in total. The number of benzene rings is 2. The summed E-state index contributed by atoms with van der Waals surface area (Å²) in [6, 6.07) is 12.8. The van der Waals surface area contributed by atoms with E-state index in [0.29, 0.717) is 21.3 Å². The lowest BCUT2D eigenvalue weighted by Gasteiger charge is -2.11. The van der Waals surface area contributed by atoms with E-state index >= 15 is 0 Å². The van der Waals surface area contributed by atoms with Crippen LogP contribution in [-0.2, 0) is 9.84 Å². The molecular formula is C17H15Cl2NO3S. The van der Waals surface area contributed by atoms with Gasteiger partial charge in [-0.1, -0.05) is 53.5 Å². The summed E-state index contributed by atoms with van der Waals surface area (Å²) in [5, 5.41) is 12.0. The normalized spacial score (nSPS) is 13.3. The smallest absolute Gasteiger partial charge is 0.150 e. The zero-order valence-electron chi connectivity index (χ0n) is 12.8. The summed E-state index contributed by atoms with van der Waals surface area (Å²) in [4.78, 5) is 3.10. The summed E-state index contributed by atoms with van der Waals surface area (Å²) in [5.41, 5.74) is 2.69. The molecule has 0 aliphatic heterocycles. The Hall–Kier alpha value is -1.53. The second-order valence-electron chi connectivity index (χ2n) is 5.70. The molecule has 1 atom stereocenters. The van der Waals surface area contributed by atoms with Crippen LogP contribution in [0.1, 0.15) is 11.8 Å². The Morgan fingerprint density at radius 3 is 2.38 bits per heavy atom. The van der Waals surface area contributed by atoms with E-state index in [9.17, 15) is 13.5 Å². The quantitative estimate of drug-likeness (QED) is 0.708. The molecule has 0 fully saturated rings. The fourth-order valence-electron chi connectivity index (χ4n) is 2.75. The van der Waals surface area contributed by atoms with Gasteiger partial charge in [-0.05, 0) is 17.7 Å². The lowest BCUT2D eigenvalue weighted by Crippen LogP contribution is -2.13. The van der Waals surface area contributed by atoms with Crippen molar-refractivity contribution in [1.82, 2.24) is 4.98 Å². The second-order valence-corrected chi connectivity index (χ2v) is 8.70. The molecule has 0 spiro atoms. The fourth-order valence-corrected chi connectivity index (χ4v) is 3.81. The maximum absolute atomic E-state index is 11.6. The highest BCUT2D eigenvalue weighted by molar-refractivity contribution is 7.90. The van der Waals surface area contributed by atoms with Crippen molar-refractivity contribution in [3.63, 3.8) is 0 Å². The number of rotatable bonds is 4. The molecule has 0 radical (unpaired) electrons. The Balaban J connectivity index is 2.28. The van der Waals surface area contributed by atoms with Crippen LogP contribution < -0.4 is 0 Å². The van der Waals surface area contributed by atoms with Gasteiger partial charge in [0.25, 0.3) is 0 Å². The Morgan fingerprint density at radius 1 is 1.12 bits per heavy atom. The molecule has 24 heavy (non-hydrogen) atoms. The average Bonchev–Trinajstić information content (AvgIpc) is 2.85. The van der Waals surface area contributed by atoms with Crippen LogP contribution in [0.3, 0.4) is 0 Å². The molecule has 126 valence electrons. The van der Waals surface area contributed by atoms with Gasteiger partial charge in [-0.3, -0.25) is 0 Å². The molecule has 0 aliphatic carbocycles. The van der Waals surface area contributed by atoms with Gasteiger partial charge >= 0.3 is 0 Å². The zero-order chi connectivity index (χ0) is 17.5. The molecular weight excluding hydrogens is 369 g/mol. The van der Waals surface area contributed by atoms with Crippen molar-refractivity contribution in [1.29, 1.82) is 0 Å². The van der Waals surface area contributed by atoms with Crippen molar-refractivity contribution in [2.45, 2.75) is 6.10 Å². The summed E-state index contributed by atoms with van der Waals surface area (Å²) in [6.45, 7) is 0. The third-order valence-electron chi connectivity index (χ3n) is 3.72. The van der Waals surface area contributed by atoms with Gasteiger partial charge in [0.05, 0.1) is 21.5 Å². The maximum atomic E-state index is 11.6. The molecule has 1 unspecified atom stereocenters. The molecule has 7 heteroatoms. The highest BCUT2D eigenvalue weighted by atomic mass is 35.5. The molecule has 0 amide bonds. The van der Waals surface area contributed by atoms with Crippen molar-refractivity contribution < 1.29 is 13.5 Å². The van der Waals surface area contributed by atoms with Crippen LogP contribution in [0.5, 0.6) is 0 Å². The second kappa shape index (κ2) is 6.41. The average molecular weight is 384 g/mol. The third kappa shape index (κ3) is 3.44. The Kier molecular flexibility index (Phi) is 4.62. The molecule has 0 bridgehead atoms. The molecule has 3 rings (SSSR count). The molecule has 2 aromatic carbocycles. The predicted molar refractivity (Wildman–Crippen MR) is 98.4 cm³/mol. The van der Waals surface area contributed by atoms with Gasteiger partial charge in [0.2, 0.25) is 0 Å². The number of hydrogen-bond donors (Lipinski definition) is 2. The third-order valence-corrected chi connectivity index (χ3v) is 5.37. The first-order valence-corrected chi connectivity index (χ1v) is 10.00. The summed E-state index contributed by atoms with van der Waals surface area (Å²) in [5.74, 6) is -0.374. The summed E-state index contributed by atoms with van der Waals surface area (Å²) in [6.07, 6.45) is -0.0883. The lowest BCUT2D eigenvalue weighted by molar-refractivity contribution is 0.198. The van der Waals surface area contributed by atoms with Crippen LogP contribution in [0.15, 0.2) is 42.5 Å². The number of aromatic amines is 1. The van der Waals surface area contributed by atoms with Gasteiger partial charge in [-0.25, -0.2) is 8.42 Å². The topological polar surface area (TPSA) is 70.2 Å². The Morgan fingerprint density at radius 2 is 1.75 bits per heavy atom. The van der Waals surface area contributed by atoms with Crippen molar-refractivity contribution in [2.75, 3.05) is 12.0 Å². The van der Waals surface area contributed by atoms with Crippen molar-refractivity contribution in [2.24, 2.45) is 0 Å². The van der Waals surface area contributed by atoms with Gasteiger partial charge in [0, 0.05) is 22.7 Å². The Labute approximate surface area is 150 Å². The minimum absolute atomic E-state index is 0.374. The number of fused-ring (bicyclic) bond motifs is 1. The number of sulfone groups is 1. The molecule has 0 saturated heterocycles. The van der Waals surface area contributed by atoms with Gasteiger partial charge in [-0.15, -0.1) is 0 Å². The number of nitrogens with one attached hydrogen (secondary N) is 1. The maximum Gasteiger partial charge on any atom is 0.150 e. The molecule has 0 saturated carbocycles. The summed E-state index contributed by atoms with van der Waals surface area (Å²) < 4.78 is 23.1. The summed E-state index contributed by atoms with van der Waals surface area (Å²) >= 11 is 12.2. The van der Waals surface area contributed by atoms with E-state index in [4.69, 9.17) is 23.2 Å². The SMILES string of the molecule is CS(=O)(=O)CC(O)c1[nH]c2cc(Cl)c(Cl)cc2c1-c1ccccc1. The monoisotopic (exact) mass is 383 g/mol. The van der Waals surface area contributed by atoms with E-state index in [1.165, 1.54) is 0 Å². The van der Waals surface area contributed by atoms with Gasteiger partial charge < -0.3 is 10.1 Å². The fraction of sp³-hybridized carbons (Fsp3) is 0.176. The van der Waals surface area contributed by atoms with Crippen molar-refractivity contribution in [3.8, 4) is 11.1 Å². The number of aliphatic hydroxyl groups is 1. The number of H-pyrrole nitrogens is 1. The molecule has 1 aromatic heterocycles. The molecule has 0 aliphatic rings. The Bertz CT molecular complexity index is 998. The highest BCUT2D eigenvalue weighted by Crippen LogP contribution is 2.39. The summed E-state index contributed by atoms with van der Waals surface area (Å²) in [7, 11) is -3.35. The minimum Gasteiger partial charge on any atom is -0.386 e. The van der Waals surface area contributed by atoms with Crippen LogP contribution in [0.4, 0.5) is 0 Å². The van der Waals surface area contributed by atoms with Crippen molar-refractivity contribution in [3.05, 3.63) is 58.2 Å². The molecule has 3 aromatic rings. The van der Waals surface area contributed by atoms with Crippen LogP contribution in [-0.4, -0.2) is 30.5 Å². The predicted octanol–water partition coefficient (Wildman–Crippen LogP) is 4.22. The standard InChI is InChI=1S/C17H15Cl2NO3S/c1-24(22,23)9-15(21)17-16(10-5-3-2-4-6-10)11-7-12(18)13(19)8-14(11)20-17/h2-8,15,20-21H,9H2,1H3. The molecule has 1 heterocycles. The van der Waals surface area contributed by atoms with Crippen LogP contribution in [0.2, 0.25) is 10.0 Å². The zero-order valence-corrected chi connectivity index (χ0v) is 15.1. The van der Waals surface area contributed by atoms with E-state index in [0.717, 1.165) is 22.8 Å². The number of halogens is 2. The largest absolute Gasteiger partial charge is 0.386 e. The first-order valence-electron chi connectivity index (χ1n) is 7.18. The number of aromatic nitrogens is 1. The van der Waals surface area contributed by atoms with Crippen molar-refractivity contribution >= 4 is 43.9 Å².